The SMILES string of the molecule is COc1cc(S(N)(=O)=O)nc(C(F)F)c1OC. The lowest BCUT2D eigenvalue weighted by Gasteiger charge is -2.12. The van der Waals surface area contributed by atoms with Crippen molar-refractivity contribution >= 4 is 10.0 Å². The molecule has 0 spiro atoms. The first-order chi connectivity index (χ1) is 7.81. The molecule has 0 aromatic carbocycles. The Morgan fingerprint density at radius 3 is 2.29 bits per heavy atom. The maximum absolute atomic E-state index is 12.7. The van der Waals surface area contributed by atoms with Gasteiger partial charge in [-0.15, -0.1) is 0 Å². The number of hydrogen-bond acceptors (Lipinski definition) is 5. The molecule has 6 nitrogen and oxygen atoms in total. The highest BCUT2D eigenvalue weighted by molar-refractivity contribution is 7.89. The monoisotopic (exact) mass is 268 g/mol. The van der Waals surface area contributed by atoms with Crippen LogP contribution < -0.4 is 14.6 Å². The number of rotatable bonds is 4. The van der Waals surface area contributed by atoms with E-state index in [2.05, 4.69) is 4.98 Å². The first-order valence-corrected chi connectivity index (χ1v) is 5.79. The van der Waals surface area contributed by atoms with Crippen LogP contribution in [0.2, 0.25) is 0 Å². The summed E-state index contributed by atoms with van der Waals surface area (Å²) < 4.78 is 56.9. The van der Waals surface area contributed by atoms with Gasteiger partial charge in [0.05, 0.1) is 14.2 Å². The number of primary sulfonamides is 1. The van der Waals surface area contributed by atoms with Crippen molar-refractivity contribution in [1.82, 2.24) is 4.98 Å². The fraction of sp³-hybridized carbons (Fsp3) is 0.375. The van der Waals surface area contributed by atoms with E-state index >= 15 is 0 Å². The molecule has 0 unspecified atom stereocenters. The fourth-order valence-electron chi connectivity index (χ4n) is 1.16. The van der Waals surface area contributed by atoms with Gasteiger partial charge in [-0.2, -0.15) is 0 Å². The molecule has 0 aliphatic rings. The van der Waals surface area contributed by atoms with Crippen LogP contribution in [0.1, 0.15) is 12.1 Å². The van der Waals surface area contributed by atoms with Gasteiger partial charge in [-0.1, -0.05) is 0 Å². The third-order valence-electron chi connectivity index (χ3n) is 1.86. The average Bonchev–Trinajstić information content (AvgIpc) is 2.25. The van der Waals surface area contributed by atoms with Crippen molar-refractivity contribution in [3.05, 3.63) is 11.8 Å². The third-order valence-corrected chi connectivity index (χ3v) is 2.66. The number of sulfonamides is 1. The highest BCUT2D eigenvalue weighted by atomic mass is 32.2. The number of aromatic nitrogens is 1. The van der Waals surface area contributed by atoms with Crippen molar-refractivity contribution < 1.29 is 26.7 Å². The van der Waals surface area contributed by atoms with Gasteiger partial charge >= 0.3 is 0 Å². The summed E-state index contributed by atoms with van der Waals surface area (Å²) in [6.07, 6.45) is -3.01. The molecule has 0 atom stereocenters. The summed E-state index contributed by atoms with van der Waals surface area (Å²) in [7, 11) is -1.87. The van der Waals surface area contributed by atoms with E-state index in [4.69, 9.17) is 14.6 Å². The van der Waals surface area contributed by atoms with Crippen molar-refractivity contribution in [2.45, 2.75) is 11.5 Å². The number of nitrogens with zero attached hydrogens (tertiary/aromatic N) is 1. The Morgan fingerprint density at radius 2 is 1.94 bits per heavy atom. The van der Waals surface area contributed by atoms with E-state index in [1.54, 1.807) is 0 Å². The van der Waals surface area contributed by atoms with E-state index in [9.17, 15) is 17.2 Å². The molecule has 0 aliphatic carbocycles. The Balaban J connectivity index is 3.57. The maximum Gasteiger partial charge on any atom is 0.284 e. The molecule has 1 rings (SSSR count). The predicted molar refractivity (Wildman–Crippen MR) is 53.7 cm³/mol. The predicted octanol–water partition coefficient (Wildman–Crippen LogP) is 0.684. The van der Waals surface area contributed by atoms with Crippen LogP contribution >= 0.6 is 0 Å². The minimum absolute atomic E-state index is 0.179. The summed E-state index contributed by atoms with van der Waals surface area (Å²) >= 11 is 0. The minimum Gasteiger partial charge on any atom is -0.493 e. The van der Waals surface area contributed by atoms with Gasteiger partial charge in [-0.3, -0.25) is 0 Å². The van der Waals surface area contributed by atoms with Gasteiger partial charge in [0.1, 0.15) is 0 Å². The quantitative estimate of drug-likeness (QED) is 0.867. The second-order valence-corrected chi connectivity index (χ2v) is 4.44. The van der Waals surface area contributed by atoms with Crippen molar-refractivity contribution in [2.24, 2.45) is 5.14 Å². The highest BCUT2D eigenvalue weighted by Gasteiger charge is 2.24. The van der Waals surface area contributed by atoms with Gasteiger partial charge in [-0.05, 0) is 0 Å². The molecule has 9 heteroatoms. The van der Waals surface area contributed by atoms with Crippen LogP contribution in [0.25, 0.3) is 0 Å². The van der Waals surface area contributed by atoms with Gasteiger partial charge in [-0.25, -0.2) is 27.3 Å². The molecule has 0 radical (unpaired) electrons. The molecule has 0 aliphatic heterocycles. The maximum atomic E-state index is 12.7. The van der Waals surface area contributed by atoms with E-state index in [-0.39, 0.29) is 11.5 Å². The van der Waals surface area contributed by atoms with E-state index < -0.39 is 27.2 Å². The number of ether oxygens (including phenoxy) is 2. The van der Waals surface area contributed by atoms with Crippen LogP contribution in [-0.2, 0) is 10.0 Å². The van der Waals surface area contributed by atoms with E-state index in [1.807, 2.05) is 0 Å². The molecule has 0 fully saturated rings. The van der Waals surface area contributed by atoms with Crippen molar-refractivity contribution in [1.29, 1.82) is 0 Å². The van der Waals surface area contributed by atoms with Crippen LogP contribution in [0.15, 0.2) is 11.1 Å². The van der Waals surface area contributed by atoms with Crippen LogP contribution in [0, 0.1) is 0 Å². The Kier molecular flexibility index (Phi) is 3.83. The Labute approximate surface area is 96.4 Å². The summed E-state index contributed by atoms with van der Waals surface area (Å²) in [6.45, 7) is 0. The zero-order valence-electron chi connectivity index (χ0n) is 8.98. The van der Waals surface area contributed by atoms with E-state index in [1.165, 1.54) is 7.11 Å². The Bertz CT molecular complexity index is 519. The zero-order valence-corrected chi connectivity index (χ0v) is 9.79. The second-order valence-electron chi connectivity index (χ2n) is 2.93. The minimum atomic E-state index is -4.20. The lowest BCUT2D eigenvalue weighted by molar-refractivity contribution is 0.139. The zero-order chi connectivity index (χ0) is 13.2. The van der Waals surface area contributed by atoms with Crippen LogP contribution in [0.5, 0.6) is 11.5 Å². The molecular weight excluding hydrogens is 258 g/mol. The topological polar surface area (TPSA) is 91.5 Å². The average molecular weight is 268 g/mol. The van der Waals surface area contributed by atoms with Crippen molar-refractivity contribution in [2.75, 3.05) is 14.2 Å². The summed E-state index contributed by atoms with van der Waals surface area (Å²) in [5.41, 5.74) is -0.837. The normalized spacial score (nSPS) is 11.6. The lowest BCUT2D eigenvalue weighted by Crippen LogP contribution is -2.15. The second kappa shape index (κ2) is 4.80. The smallest absolute Gasteiger partial charge is 0.284 e. The molecule has 0 bridgehead atoms. The first-order valence-electron chi connectivity index (χ1n) is 4.25. The Hall–Kier alpha value is -1.48. The molecule has 1 aromatic heterocycles. The molecule has 1 heterocycles. The van der Waals surface area contributed by atoms with Gasteiger partial charge in [0, 0.05) is 6.07 Å². The van der Waals surface area contributed by atoms with Crippen molar-refractivity contribution in [3.63, 3.8) is 0 Å². The fourth-order valence-corrected chi connectivity index (χ4v) is 1.65. The number of hydrogen-bond donors (Lipinski definition) is 1. The summed E-state index contributed by atoms with van der Waals surface area (Å²) in [5.74, 6) is -0.503. The first kappa shape index (κ1) is 13.6. The van der Waals surface area contributed by atoms with E-state index in [0.717, 1.165) is 13.2 Å². The van der Waals surface area contributed by atoms with Crippen LogP contribution in [0.3, 0.4) is 0 Å². The summed E-state index contributed by atoms with van der Waals surface area (Å²) in [4.78, 5) is 3.25. The number of halogens is 2. The van der Waals surface area contributed by atoms with Gasteiger partial charge in [0.2, 0.25) is 0 Å². The number of nitrogens with two attached hydrogens (primary N) is 1. The van der Waals surface area contributed by atoms with Gasteiger partial charge in [0.25, 0.3) is 16.4 Å². The molecule has 0 saturated heterocycles. The molecule has 1 aromatic rings. The van der Waals surface area contributed by atoms with E-state index in [0.29, 0.717) is 0 Å². The number of methoxy groups -OCH3 is 2. The van der Waals surface area contributed by atoms with Gasteiger partial charge < -0.3 is 9.47 Å². The molecule has 96 valence electrons. The standard InChI is InChI=1S/C8H10F2N2O4S/c1-15-4-3-5(17(11,13)14)12-6(8(9)10)7(4)16-2/h3,8H,1-2H3,(H2,11,13,14). The third kappa shape index (κ3) is 2.80. The summed E-state index contributed by atoms with van der Waals surface area (Å²) in [5, 5.41) is 4.11. The molecule has 0 amide bonds. The Morgan fingerprint density at radius 1 is 1.35 bits per heavy atom. The molecular formula is C8H10F2N2O4S. The largest absolute Gasteiger partial charge is 0.493 e. The highest BCUT2D eigenvalue weighted by Crippen LogP contribution is 2.36. The number of alkyl halides is 2. The lowest BCUT2D eigenvalue weighted by atomic mass is 10.3. The van der Waals surface area contributed by atoms with Crippen LogP contribution in [0.4, 0.5) is 8.78 Å². The molecule has 17 heavy (non-hydrogen) atoms. The molecule has 0 saturated carbocycles. The molecule has 2 N–H and O–H groups in total. The van der Waals surface area contributed by atoms with Gasteiger partial charge in [0.15, 0.2) is 22.2 Å². The summed E-state index contributed by atoms with van der Waals surface area (Å²) in [6, 6.07) is 0.917. The van der Waals surface area contributed by atoms with Crippen molar-refractivity contribution in [3.8, 4) is 11.5 Å². The number of pyridine rings is 1. The van der Waals surface area contributed by atoms with Crippen LogP contribution in [-0.4, -0.2) is 27.6 Å².